The molecule has 0 amide bonds. The molecule has 0 aliphatic carbocycles. The summed E-state index contributed by atoms with van der Waals surface area (Å²) in [6.07, 6.45) is 3.75. The molecule has 2 heteroatoms. The van der Waals surface area contributed by atoms with Crippen LogP contribution in [0.25, 0.3) is 0 Å². The second kappa shape index (κ2) is 172. The van der Waals surface area contributed by atoms with E-state index in [4.69, 9.17) is 0 Å². The summed E-state index contributed by atoms with van der Waals surface area (Å²) in [6.45, 7) is 12.8. The highest BCUT2D eigenvalue weighted by atomic mass is 31.0. The standard InChI is InChI=1S/3C3H8.3CH4.BH2P/c3*1-3-2;;;;1-2/h3*3H2,1-2H3;3*1H4;2H2. The van der Waals surface area contributed by atoms with Gasteiger partial charge in [-0.3, -0.25) is 0 Å². The van der Waals surface area contributed by atoms with Gasteiger partial charge >= 0.3 is 0 Å². The van der Waals surface area contributed by atoms with Crippen LogP contribution in [0.15, 0.2) is 0 Å². The van der Waals surface area contributed by atoms with E-state index in [-0.39, 0.29) is 22.3 Å². The summed E-state index contributed by atoms with van der Waals surface area (Å²) in [5, 5.41) is 0. The normalized spacial score (nSPS) is 4.21. The Bertz CT molecular complexity index is 15.0. The van der Waals surface area contributed by atoms with Gasteiger partial charge in [0.05, 0.1) is 7.57 Å². The molecule has 0 bridgehead atoms. The highest BCUT2D eigenvalue weighted by Gasteiger charge is 1.36. The van der Waals surface area contributed by atoms with Gasteiger partial charge in [0, 0.05) is 0 Å². The number of hydrogen-bond donors (Lipinski definition) is 0. The summed E-state index contributed by atoms with van der Waals surface area (Å²) in [4.78, 5) is 0. The van der Waals surface area contributed by atoms with Crippen LogP contribution in [0, 0.1) is 0 Å². The lowest BCUT2D eigenvalue weighted by atomic mass is 10.6. The van der Waals surface area contributed by atoms with Gasteiger partial charge in [0.1, 0.15) is 0 Å². The maximum Gasteiger partial charge on any atom is 0.0996 e. The highest BCUT2D eigenvalue weighted by Crippen LogP contribution is 1.56. The van der Waals surface area contributed by atoms with E-state index in [1.807, 2.05) is 9.12 Å². The Kier molecular flexibility index (Phi) is 579. The molecule has 14 heavy (non-hydrogen) atoms. The lowest BCUT2D eigenvalue weighted by molar-refractivity contribution is 1.09. The summed E-state index contributed by atoms with van der Waals surface area (Å²) in [6, 6.07) is 0. The quantitative estimate of drug-likeness (QED) is 0.344. The molecule has 0 heterocycles. The zero-order valence-electron chi connectivity index (χ0n) is 9.28. The molecule has 1 unspecified atom stereocenters. The number of hydrogen-bond acceptors (Lipinski definition) is 0. The zero-order chi connectivity index (χ0) is 10.1. The fourth-order valence-corrected chi connectivity index (χ4v) is 0. The fourth-order valence-electron chi connectivity index (χ4n) is 0. The van der Waals surface area contributed by atoms with Crippen LogP contribution in [0.1, 0.15) is 83.1 Å². The molecule has 2 radical (unpaired) electrons. The van der Waals surface area contributed by atoms with E-state index in [1.165, 1.54) is 19.3 Å². The van der Waals surface area contributed by atoms with Crippen molar-refractivity contribution in [1.29, 1.82) is 0 Å². The van der Waals surface area contributed by atoms with E-state index < -0.39 is 0 Å². The predicted molar refractivity (Wildman–Crippen MR) is 83.6 cm³/mol. The van der Waals surface area contributed by atoms with Gasteiger partial charge in [0.15, 0.2) is 0 Å². The minimum Gasteiger partial charge on any atom is -0.187 e. The van der Waals surface area contributed by atoms with Crippen LogP contribution in [0.4, 0.5) is 0 Å². The molecule has 0 saturated carbocycles. The minimum atomic E-state index is 0. The molecule has 0 aromatic heterocycles. The summed E-state index contributed by atoms with van der Waals surface area (Å²) in [5.74, 6) is 0. The summed E-state index contributed by atoms with van der Waals surface area (Å²) < 4.78 is 0. The first-order valence-electron chi connectivity index (χ1n) is 4.58. The highest BCUT2D eigenvalue weighted by molar-refractivity contribution is 7.49. The summed E-state index contributed by atoms with van der Waals surface area (Å²) in [5.41, 5.74) is 0. The van der Waals surface area contributed by atoms with Gasteiger partial charge in [-0.2, -0.15) is 9.12 Å². The first-order valence-corrected chi connectivity index (χ1v) is 5.24. The Morgan fingerprint density at radius 3 is 0.571 bits per heavy atom. The van der Waals surface area contributed by atoms with Crippen molar-refractivity contribution in [2.75, 3.05) is 0 Å². The Balaban J connectivity index is -0.00000000880. The van der Waals surface area contributed by atoms with Crippen molar-refractivity contribution in [3.63, 3.8) is 0 Å². The third-order valence-electron chi connectivity index (χ3n) is 0. The zero-order valence-corrected chi connectivity index (χ0v) is 10.4. The first-order chi connectivity index (χ1) is 5.24. The van der Waals surface area contributed by atoms with Crippen molar-refractivity contribution in [2.45, 2.75) is 83.1 Å². The van der Waals surface area contributed by atoms with Crippen molar-refractivity contribution < 1.29 is 0 Å². The molecular formula is C12H38BP. The van der Waals surface area contributed by atoms with Crippen molar-refractivity contribution in [1.82, 2.24) is 0 Å². The Hall–Kier alpha value is 0.495. The van der Waals surface area contributed by atoms with Crippen LogP contribution >= 0.6 is 9.12 Å². The molecule has 0 rings (SSSR count). The topological polar surface area (TPSA) is 0 Å². The molecule has 0 nitrogen and oxygen atoms in total. The smallest absolute Gasteiger partial charge is 0.0996 e. The van der Waals surface area contributed by atoms with Gasteiger partial charge in [0.25, 0.3) is 0 Å². The monoisotopic (exact) mass is 224 g/mol. The molecule has 0 saturated heterocycles. The maximum atomic E-state index is 4.42. The second-order valence-corrected chi connectivity index (χ2v) is 2.12. The molecule has 0 spiro atoms. The lowest BCUT2D eigenvalue weighted by Gasteiger charge is -1.48. The molecular weight excluding hydrogens is 186 g/mol. The molecule has 0 aliphatic rings. The molecule has 0 aromatic carbocycles. The van der Waals surface area contributed by atoms with Gasteiger partial charge in [-0.15, -0.1) is 0 Å². The van der Waals surface area contributed by atoms with E-state index >= 15 is 0 Å². The second-order valence-electron chi connectivity index (χ2n) is 2.12. The van der Waals surface area contributed by atoms with Crippen LogP contribution in [0.2, 0.25) is 0 Å². The van der Waals surface area contributed by atoms with Crippen LogP contribution in [0.3, 0.4) is 0 Å². The first kappa shape index (κ1) is 47.0. The summed E-state index contributed by atoms with van der Waals surface area (Å²) in [7, 11) is 6.33. The third-order valence-corrected chi connectivity index (χ3v) is 0. The minimum absolute atomic E-state index is 0. The molecule has 0 aliphatic heterocycles. The van der Waals surface area contributed by atoms with Crippen molar-refractivity contribution in [3.8, 4) is 0 Å². The maximum absolute atomic E-state index is 4.42. The van der Waals surface area contributed by atoms with Crippen LogP contribution in [-0.2, 0) is 0 Å². The Morgan fingerprint density at radius 1 is 0.571 bits per heavy atom. The largest absolute Gasteiger partial charge is 0.187 e. The van der Waals surface area contributed by atoms with E-state index in [9.17, 15) is 0 Å². The van der Waals surface area contributed by atoms with Crippen molar-refractivity contribution >= 4 is 16.7 Å². The third kappa shape index (κ3) is 6740. The average molecular weight is 224 g/mol. The van der Waals surface area contributed by atoms with Crippen molar-refractivity contribution in [2.24, 2.45) is 0 Å². The molecule has 0 fully saturated rings. The van der Waals surface area contributed by atoms with Gasteiger partial charge in [-0.05, 0) is 0 Å². The van der Waals surface area contributed by atoms with E-state index in [0.717, 1.165) is 0 Å². The Morgan fingerprint density at radius 2 is 0.571 bits per heavy atom. The predicted octanol–water partition coefficient (Wildman–Crippen LogP) is 6.10. The molecule has 0 N–H and O–H groups in total. The summed E-state index contributed by atoms with van der Waals surface area (Å²) >= 11 is 0. The van der Waals surface area contributed by atoms with Gasteiger partial charge in [-0.1, -0.05) is 83.1 Å². The van der Waals surface area contributed by atoms with E-state index in [1.54, 1.807) is 0 Å². The van der Waals surface area contributed by atoms with Crippen LogP contribution < -0.4 is 0 Å². The Labute approximate surface area is 100 Å². The SMILES string of the molecule is C.C.C.CCC.CCC.CCC.[B]P. The van der Waals surface area contributed by atoms with Gasteiger partial charge in [0.2, 0.25) is 0 Å². The van der Waals surface area contributed by atoms with Crippen LogP contribution in [0.5, 0.6) is 0 Å². The average Bonchev–Trinajstić information content (AvgIpc) is 1.96. The van der Waals surface area contributed by atoms with E-state index in [0.29, 0.717) is 0 Å². The van der Waals surface area contributed by atoms with Gasteiger partial charge in [-0.25, -0.2) is 0 Å². The van der Waals surface area contributed by atoms with Gasteiger partial charge < -0.3 is 0 Å². The van der Waals surface area contributed by atoms with Crippen molar-refractivity contribution in [3.05, 3.63) is 0 Å². The fraction of sp³-hybridized carbons (Fsp3) is 1.00. The lowest BCUT2D eigenvalue weighted by Crippen LogP contribution is -1.27. The molecule has 0 aromatic rings. The van der Waals surface area contributed by atoms with Crippen LogP contribution in [-0.4, -0.2) is 7.57 Å². The number of rotatable bonds is 0. The van der Waals surface area contributed by atoms with E-state index in [2.05, 4.69) is 49.1 Å². The molecule has 94 valence electrons. The molecule has 1 atom stereocenters.